The Kier molecular flexibility index (Phi) is 7.47. The fraction of sp³-hybridized carbons (Fsp3) is 0.440. The normalized spacial score (nSPS) is 16.7. The first-order valence-electron chi connectivity index (χ1n) is 11.5. The van der Waals surface area contributed by atoms with Gasteiger partial charge in [-0.25, -0.2) is 0 Å². The summed E-state index contributed by atoms with van der Waals surface area (Å²) < 4.78 is 11.3. The van der Waals surface area contributed by atoms with Gasteiger partial charge in [0.15, 0.2) is 11.5 Å². The average molecular weight is 453 g/mol. The predicted octanol–water partition coefficient (Wildman–Crippen LogP) is 2.66. The number of anilines is 2. The number of carbonyl (C=O) groups is 2. The molecule has 0 bridgehead atoms. The Morgan fingerprint density at radius 1 is 0.848 bits per heavy atom. The van der Waals surface area contributed by atoms with Gasteiger partial charge in [0.25, 0.3) is 0 Å². The molecule has 2 aromatic carbocycles. The van der Waals surface area contributed by atoms with Crippen molar-refractivity contribution in [3.63, 3.8) is 0 Å². The molecule has 0 unspecified atom stereocenters. The lowest BCUT2D eigenvalue weighted by Gasteiger charge is -2.33. The molecule has 8 nitrogen and oxygen atoms in total. The van der Waals surface area contributed by atoms with Gasteiger partial charge in [0.2, 0.25) is 11.8 Å². The Labute approximate surface area is 194 Å². The molecule has 1 fully saturated rings. The first-order valence-corrected chi connectivity index (χ1v) is 11.5. The monoisotopic (exact) mass is 452 g/mol. The minimum Gasteiger partial charge on any atom is -0.490 e. The van der Waals surface area contributed by atoms with Crippen LogP contribution in [0.15, 0.2) is 36.4 Å². The van der Waals surface area contributed by atoms with E-state index in [4.69, 9.17) is 9.47 Å². The van der Waals surface area contributed by atoms with Crippen molar-refractivity contribution in [2.24, 2.45) is 0 Å². The van der Waals surface area contributed by atoms with Crippen LogP contribution < -0.4 is 20.1 Å². The van der Waals surface area contributed by atoms with E-state index >= 15 is 0 Å². The molecule has 8 heteroatoms. The van der Waals surface area contributed by atoms with Gasteiger partial charge >= 0.3 is 0 Å². The SMILES string of the molecule is Cc1cccc(NC(=O)CN2CCN(CC(=O)Nc3ccc4c(c3)OCCCO4)CC2)c1C. The summed E-state index contributed by atoms with van der Waals surface area (Å²) in [5.41, 5.74) is 3.82. The molecule has 2 aromatic rings. The van der Waals surface area contributed by atoms with Crippen molar-refractivity contribution >= 4 is 23.2 Å². The fourth-order valence-electron chi connectivity index (χ4n) is 4.03. The molecular formula is C25H32N4O4. The quantitative estimate of drug-likeness (QED) is 0.701. The van der Waals surface area contributed by atoms with Crippen LogP contribution in [0.2, 0.25) is 0 Å². The Hall–Kier alpha value is -3.10. The number of rotatable bonds is 6. The average Bonchev–Trinajstić information content (AvgIpc) is 3.03. The summed E-state index contributed by atoms with van der Waals surface area (Å²) in [4.78, 5) is 29.2. The molecule has 2 amide bonds. The van der Waals surface area contributed by atoms with Gasteiger partial charge in [-0.15, -0.1) is 0 Å². The lowest BCUT2D eigenvalue weighted by atomic mass is 10.1. The molecule has 2 heterocycles. The maximum atomic E-state index is 12.5. The summed E-state index contributed by atoms with van der Waals surface area (Å²) in [5.74, 6) is 1.30. The number of aryl methyl sites for hydroxylation is 1. The molecule has 176 valence electrons. The third-order valence-corrected chi connectivity index (χ3v) is 6.11. The molecule has 2 aliphatic heterocycles. The molecule has 2 aliphatic rings. The molecule has 33 heavy (non-hydrogen) atoms. The number of piperazine rings is 1. The largest absolute Gasteiger partial charge is 0.490 e. The van der Waals surface area contributed by atoms with Gasteiger partial charge in [0.05, 0.1) is 26.3 Å². The molecule has 1 saturated heterocycles. The van der Waals surface area contributed by atoms with Gasteiger partial charge in [-0.2, -0.15) is 0 Å². The highest BCUT2D eigenvalue weighted by Crippen LogP contribution is 2.32. The van der Waals surface area contributed by atoms with Crippen LogP contribution in [-0.2, 0) is 9.59 Å². The van der Waals surface area contributed by atoms with Gasteiger partial charge in [-0.05, 0) is 43.2 Å². The van der Waals surface area contributed by atoms with Gasteiger partial charge in [-0.1, -0.05) is 12.1 Å². The fourth-order valence-corrected chi connectivity index (χ4v) is 4.03. The van der Waals surface area contributed by atoms with Gasteiger partial charge in [0, 0.05) is 50.0 Å². The highest BCUT2D eigenvalue weighted by Gasteiger charge is 2.21. The molecular weight excluding hydrogens is 420 g/mol. The van der Waals surface area contributed by atoms with Crippen LogP contribution >= 0.6 is 0 Å². The second-order valence-corrected chi connectivity index (χ2v) is 8.61. The third kappa shape index (κ3) is 6.24. The molecule has 0 aliphatic carbocycles. The topological polar surface area (TPSA) is 83.1 Å². The van der Waals surface area contributed by atoms with Gasteiger partial charge in [0.1, 0.15) is 0 Å². The van der Waals surface area contributed by atoms with Crippen molar-refractivity contribution in [2.45, 2.75) is 20.3 Å². The van der Waals surface area contributed by atoms with E-state index in [0.29, 0.717) is 43.5 Å². The number of amides is 2. The van der Waals surface area contributed by atoms with Crippen LogP contribution in [0.4, 0.5) is 11.4 Å². The second-order valence-electron chi connectivity index (χ2n) is 8.61. The Morgan fingerprint density at radius 2 is 1.48 bits per heavy atom. The van der Waals surface area contributed by atoms with Crippen molar-refractivity contribution in [2.75, 3.05) is 63.1 Å². The van der Waals surface area contributed by atoms with E-state index in [9.17, 15) is 9.59 Å². The van der Waals surface area contributed by atoms with E-state index in [1.54, 1.807) is 0 Å². The number of fused-ring (bicyclic) bond motifs is 1. The molecule has 0 radical (unpaired) electrons. The van der Waals surface area contributed by atoms with Crippen LogP contribution in [0, 0.1) is 13.8 Å². The number of nitrogens with zero attached hydrogens (tertiary/aromatic N) is 2. The minimum atomic E-state index is -0.0643. The smallest absolute Gasteiger partial charge is 0.238 e. The van der Waals surface area contributed by atoms with E-state index in [0.717, 1.165) is 49.4 Å². The van der Waals surface area contributed by atoms with Crippen molar-refractivity contribution in [1.82, 2.24) is 9.80 Å². The van der Waals surface area contributed by atoms with E-state index in [-0.39, 0.29) is 11.8 Å². The number of nitrogens with one attached hydrogen (secondary N) is 2. The summed E-state index contributed by atoms with van der Waals surface area (Å²) in [6.45, 7) is 8.94. The van der Waals surface area contributed by atoms with Crippen molar-refractivity contribution in [3.8, 4) is 11.5 Å². The highest BCUT2D eigenvalue weighted by atomic mass is 16.5. The van der Waals surface area contributed by atoms with E-state index < -0.39 is 0 Å². The van der Waals surface area contributed by atoms with Gasteiger partial charge in [-0.3, -0.25) is 19.4 Å². The number of benzene rings is 2. The highest BCUT2D eigenvalue weighted by molar-refractivity contribution is 5.93. The van der Waals surface area contributed by atoms with Crippen molar-refractivity contribution < 1.29 is 19.1 Å². The summed E-state index contributed by atoms with van der Waals surface area (Å²) in [6, 6.07) is 11.4. The number of ether oxygens (including phenoxy) is 2. The zero-order valence-corrected chi connectivity index (χ0v) is 19.4. The Morgan fingerprint density at radius 3 is 2.18 bits per heavy atom. The minimum absolute atomic E-state index is 0.00991. The number of hydrogen-bond acceptors (Lipinski definition) is 6. The summed E-state index contributed by atoms with van der Waals surface area (Å²) in [6.07, 6.45) is 0.843. The first-order chi connectivity index (χ1) is 16.0. The van der Waals surface area contributed by atoms with Gasteiger partial charge < -0.3 is 20.1 Å². The predicted molar refractivity (Wildman–Crippen MR) is 128 cm³/mol. The van der Waals surface area contributed by atoms with Crippen molar-refractivity contribution in [1.29, 1.82) is 0 Å². The number of hydrogen-bond donors (Lipinski definition) is 2. The summed E-state index contributed by atoms with van der Waals surface area (Å²) in [5, 5.41) is 5.96. The molecule has 2 N–H and O–H groups in total. The van der Waals surface area contributed by atoms with E-state index in [1.807, 2.05) is 50.2 Å². The van der Waals surface area contributed by atoms with Crippen LogP contribution in [0.25, 0.3) is 0 Å². The molecule has 0 aromatic heterocycles. The van der Waals surface area contributed by atoms with E-state index in [2.05, 4.69) is 20.4 Å². The zero-order valence-electron chi connectivity index (χ0n) is 19.4. The lowest BCUT2D eigenvalue weighted by Crippen LogP contribution is -2.50. The first kappa shape index (κ1) is 23.1. The van der Waals surface area contributed by atoms with Crippen LogP contribution in [0.5, 0.6) is 11.5 Å². The second kappa shape index (κ2) is 10.7. The Balaban J connectivity index is 1.21. The lowest BCUT2D eigenvalue weighted by molar-refractivity contribution is -0.120. The van der Waals surface area contributed by atoms with Crippen LogP contribution in [0.1, 0.15) is 17.5 Å². The van der Waals surface area contributed by atoms with Crippen LogP contribution in [0.3, 0.4) is 0 Å². The summed E-state index contributed by atoms with van der Waals surface area (Å²) >= 11 is 0. The number of carbonyl (C=O) groups excluding carboxylic acids is 2. The molecule has 4 rings (SSSR count). The van der Waals surface area contributed by atoms with Crippen molar-refractivity contribution in [3.05, 3.63) is 47.5 Å². The summed E-state index contributed by atoms with van der Waals surface area (Å²) in [7, 11) is 0. The van der Waals surface area contributed by atoms with E-state index in [1.165, 1.54) is 0 Å². The van der Waals surface area contributed by atoms with Crippen LogP contribution in [-0.4, -0.2) is 74.1 Å². The Bertz CT molecular complexity index is 1000. The maximum absolute atomic E-state index is 12.5. The standard InChI is InChI=1S/C25H32N4O4/c1-18-5-3-6-21(19(18)2)27-25(31)17-29-11-9-28(10-12-29)16-24(30)26-20-7-8-22-23(15-20)33-14-4-13-32-22/h3,5-8,15H,4,9-14,16-17H2,1-2H3,(H,26,30)(H,27,31). The molecule has 0 spiro atoms. The third-order valence-electron chi connectivity index (χ3n) is 6.11. The maximum Gasteiger partial charge on any atom is 0.238 e. The molecule has 0 atom stereocenters. The molecule has 0 saturated carbocycles. The zero-order chi connectivity index (χ0) is 23.2.